The molecule has 0 spiro atoms. The Morgan fingerprint density at radius 2 is 0.741 bits per heavy atom. The molecule has 0 fully saturated rings. The lowest BCUT2D eigenvalue weighted by Gasteiger charge is -2.44. The first-order chi connectivity index (χ1) is 38.2. The average molecular weight is 1150 g/mol. The van der Waals surface area contributed by atoms with Crippen molar-refractivity contribution in [3.63, 3.8) is 0 Å². The zero-order chi connectivity index (χ0) is 58.6. The summed E-state index contributed by atoms with van der Waals surface area (Å²) in [5, 5.41) is 0. The van der Waals surface area contributed by atoms with Gasteiger partial charge in [-0.3, -0.25) is 4.55 Å². The Kier molecular flexibility index (Phi) is 17.5. The highest BCUT2D eigenvalue weighted by Crippen LogP contribution is 2.43. The van der Waals surface area contributed by atoms with E-state index in [4.69, 9.17) is 18.9 Å². The molecule has 424 valence electrons. The van der Waals surface area contributed by atoms with Gasteiger partial charge in [-0.15, -0.1) is 0 Å². The van der Waals surface area contributed by atoms with Gasteiger partial charge < -0.3 is 18.9 Å². The van der Waals surface area contributed by atoms with E-state index in [0.717, 1.165) is 47.1 Å². The smallest absolute Gasteiger partial charge is 0.269 e. The van der Waals surface area contributed by atoms with Crippen molar-refractivity contribution in [2.45, 2.75) is 142 Å². The molecule has 1 unspecified atom stereocenters. The van der Waals surface area contributed by atoms with Crippen molar-refractivity contribution in [3.8, 4) is 56.8 Å². The van der Waals surface area contributed by atoms with E-state index >= 15 is 0 Å². The minimum absolute atomic E-state index is 0.00211. The molecule has 0 heterocycles. The van der Waals surface area contributed by atoms with Crippen LogP contribution in [0, 0.1) is 0 Å². The molecule has 0 bridgehead atoms. The molecule has 0 aromatic heterocycles. The molecule has 0 radical (unpaired) electrons. The van der Waals surface area contributed by atoms with Gasteiger partial charge in [0.05, 0.1) is 19.6 Å². The van der Waals surface area contributed by atoms with Crippen molar-refractivity contribution >= 4 is 29.8 Å². The normalized spacial score (nSPS) is 13.3. The van der Waals surface area contributed by atoms with Crippen LogP contribution >= 0.6 is 0 Å². The highest BCUT2D eigenvalue weighted by Gasteiger charge is 2.43. The van der Waals surface area contributed by atoms with Gasteiger partial charge in [0.2, 0.25) is 19.7 Å². The predicted octanol–water partition coefficient (Wildman–Crippen LogP) is 16.8. The molecule has 1 atom stereocenters. The van der Waals surface area contributed by atoms with Gasteiger partial charge in [0, 0.05) is 11.0 Å². The predicted molar refractivity (Wildman–Crippen MR) is 321 cm³/mol. The Balaban J connectivity index is 0.886. The van der Waals surface area contributed by atoms with Crippen LogP contribution in [-0.4, -0.2) is 41.0 Å². The van der Waals surface area contributed by atoms with Crippen molar-refractivity contribution in [1.82, 2.24) is 0 Å². The second-order valence-electron chi connectivity index (χ2n) is 22.1. The fraction of sp³-hybridized carbons (Fsp3) is 0.284. The maximum absolute atomic E-state index is 14.0. The maximum atomic E-state index is 14.0. The summed E-state index contributed by atoms with van der Waals surface area (Å²) in [6.45, 7) is 20.8. The van der Waals surface area contributed by atoms with Gasteiger partial charge in [-0.05, 0) is 214 Å². The molecule has 0 amide bonds. The van der Waals surface area contributed by atoms with Gasteiger partial charge in [-0.1, -0.05) is 108 Å². The summed E-state index contributed by atoms with van der Waals surface area (Å²) in [4.78, 5) is 0.602. The lowest BCUT2D eigenvalue weighted by Crippen LogP contribution is -2.49. The molecule has 8 aromatic carbocycles. The number of hydrogen-bond acceptors (Lipinski definition) is 10. The molecular formula is C67H72O11S3. The molecule has 8 rings (SSSR count). The second-order valence-corrected chi connectivity index (χ2v) is 27.5. The van der Waals surface area contributed by atoms with Gasteiger partial charge in [0.25, 0.3) is 10.1 Å². The molecule has 11 nitrogen and oxygen atoms in total. The molecule has 14 heteroatoms. The van der Waals surface area contributed by atoms with Crippen molar-refractivity contribution in [1.29, 1.82) is 0 Å². The quantitative estimate of drug-likeness (QED) is 0.0607. The van der Waals surface area contributed by atoms with Crippen molar-refractivity contribution < 1.29 is 48.8 Å². The zero-order valence-electron chi connectivity index (χ0n) is 47.7. The summed E-state index contributed by atoms with van der Waals surface area (Å²) in [6.07, 6.45) is 3.44. The summed E-state index contributed by atoms with van der Waals surface area (Å²) in [5.41, 5.74) is 4.06. The summed E-state index contributed by atoms with van der Waals surface area (Å²) in [5.74, 6) is 2.25. The van der Waals surface area contributed by atoms with Crippen LogP contribution in [0.1, 0.15) is 112 Å². The highest BCUT2D eigenvalue weighted by molar-refractivity contribution is 7.91. The van der Waals surface area contributed by atoms with E-state index in [1.165, 1.54) is 24.3 Å². The van der Waals surface area contributed by atoms with Crippen LogP contribution in [0.15, 0.2) is 208 Å². The molecule has 0 saturated carbocycles. The number of sulfone groups is 2. The van der Waals surface area contributed by atoms with Gasteiger partial charge in [-0.2, -0.15) is 8.42 Å². The first kappa shape index (κ1) is 59.9. The van der Waals surface area contributed by atoms with Crippen LogP contribution in [0.5, 0.6) is 34.5 Å². The molecular weight excluding hydrogens is 1080 g/mol. The van der Waals surface area contributed by atoms with E-state index in [9.17, 15) is 29.8 Å². The molecule has 0 saturated heterocycles. The largest absolute Gasteiger partial charge is 0.488 e. The van der Waals surface area contributed by atoms with Gasteiger partial charge >= 0.3 is 0 Å². The minimum Gasteiger partial charge on any atom is -0.488 e. The van der Waals surface area contributed by atoms with Crippen LogP contribution < -0.4 is 18.9 Å². The average Bonchev–Trinajstić information content (AvgIpc) is 3.47. The van der Waals surface area contributed by atoms with Crippen molar-refractivity contribution in [2.75, 3.05) is 0 Å². The molecule has 0 aliphatic rings. The third-order valence-electron chi connectivity index (χ3n) is 16.2. The fourth-order valence-corrected chi connectivity index (χ4v) is 12.8. The van der Waals surface area contributed by atoms with Crippen LogP contribution in [0.3, 0.4) is 0 Å². The Hall–Kier alpha value is -7.23. The van der Waals surface area contributed by atoms with Gasteiger partial charge in [0.15, 0.2) is 0 Å². The molecule has 8 aromatic rings. The Bertz CT molecular complexity index is 3800. The molecule has 1 N–H and O–H groups in total. The first-order valence-corrected chi connectivity index (χ1v) is 31.8. The third kappa shape index (κ3) is 13.6. The fourth-order valence-electron chi connectivity index (χ4n) is 9.70. The van der Waals surface area contributed by atoms with E-state index in [2.05, 4.69) is 34.6 Å². The lowest BCUT2D eigenvalue weighted by molar-refractivity contribution is 0.0242. The number of ether oxygens (including phenoxy) is 4. The Labute approximate surface area is 479 Å². The molecule has 0 aliphatic heterocycles. The Morgan fingerprint density at radius 3 is 1.15 bits per heavy atom. The topological polar surface area (TPSA) is 160 Å². The van der Waals surface area contributed by atoms with E-state index in [1.807, 2.05) is 132 Å². The monoisotopic (exact) mass is 1150 g/mol. The van der Waals surface area contributed by atoms with Crippen LogP contribution in [0.25, 0.3) is 22.3 Å². The van der Waals surface area contributed by atoms with Crippen molar-refractivity contribution in [3.05, 3.63) is 205 Å². The standard InChI is InChI=1S/C67H72O11S3/c1-11-64(5,6)77-57-28-19-49(20-29-57)50-21-44-63(51(45-50)46-79(68,69)70)76-56-34-42-62(43-35-56)81(73,74)60-38-24-53(25-39-60)67(10,14-4)65(7,8)78-58-30-17-48(18-31-58)47-15-26-54(27-16-47)75-55-32-40-61(41-33-55)80(71,72)59-36-22-52(23-37-59)66(9,12-2)13-3/h15-45H,11-14,46H2,1-10H3,(H,68,69,70). The molecule has 0 aliphatic carbocycles. The van der Waals surface area contributed by atoms with Gasteiger partial charge in [-0.25, -0.2) is 16.8 Å². The van der Waals surface area contributed by atoms with E-state index in [0.29, 0.717) is 35.0 Å². The summed E-state index contributed by atoms with van der Waals surface area (Å²) >= 11 is 0. The van der Waals surface area contributed by atoms with Gasteiger partial charge in [0.1, 0.15) is 51.5 Å². The first-order valence-electron chi connectivity index (χ1n) is 27.3. The zero-order valence-corrected chi connectivity index (χ0v) is 50.1. The third-order valence-corrected chi connectivity index (χ3v) is 20.5. The number of benzene rings is 8. The SMILES string of the molecule is CCC(C)(C)Oc1ccc(-c2ccc(Oc3ccc(S(=O)(=O)c4ccc(C(C)(CC)C(C)(C)Oc5ccc(-c6ccc(Oc7ccc(S(=O)(=O)c8ccc(C(C)(CC)CC)cc8)cc7)cc6)cc5)cc4)cc3)c(CS(=O)(=O)O)c2)cc1. The highest BCUT2D eigenvalue weighted by atomic mass is 32.2. The minimum atomic E-state index is -4.44. The Morgan fingerprint density at radius 1 is 0.383 bits per heavy atom. The summed E-state index contributed by atoms with van der Waals surface area (Å²) < 4.78 is 114. The van der Waals surface area contributed by atoms with E-state index in [-0.39, 0.29) is 47.7 Å². The van der Waals surface area contributed by atoms with E-state index in [1.54, 1.807) is 66.7 Å². The van der Waals surface area contributed by atoms with E-state index < -0.39 is 46.6 Å². The van der Waals surface area contributed by atoms with Crippen LogP contribution in [0.4, 0.5) is 0 Å². The number of rotatable bonds is 23. The lowest BCUT2D eigenvalue weighted by atomic mass is 9.68. The van der Waals surface area contributed by atoms with Crippen LogP contribution in [0.2, 0.25) is 0 Å². The maximum Gasteiger partial charge on any atom is 0.269 e. The summed E-state index contributed by atoms with van der Waals surface area (Å²) in [6, 6.07) is 54.5. The molecule has 81 heavy (non-hydrogen) atoms. The second kappa shape index (κ2) is 23.7. The van der Waals surface area contributed by atoms with Crippen LogP contribution in [-0.2, 0) is 46.4 Å². The van der Waals surface area contributed by atoms with Crippen molar-refractivity contribution in [2.24, 2.45) is 0 Å². The number of hydrogen-bond donors (Lipinski definition) is 1. The summed E-state index contributed by atoms with van der Waals surface area (Å²) in [7, 11) is -12.1.